The van der Waals surface area contributed by atoms with E-state index in [1.54, 1.807) is 0 Å². The fourth-order valence-electron chi connectivity index (χ4n) is 2.38. The van der Waals surface area contributed by atoms with E-state index in [2.05, 4.69) is 5.29 Å². The maximum absolute atomic E-state index is 11.8. The summed E-state index contributed by atoms with van der Waals surface area (Å²) >= 11 is 0. The molecule has 1 aliphatic carbocycles. The third-order valence-electron chi connectivity index (χ3n) is 3.62. The molecule has 1 rings (SSSR count). The van der Waals surface area contributed by atoms with Gasteiger partial charge in [0, 0.05) is 25.3 Å². The molecule has 0 N–H and O–H groups in total. The normalized spacial score (nSPS) is 24.5. The van der Waals surface area contributed by atoms with Crippen LogP contribution in [-0.4, -0.2) is 23.2 Å². The Kier molecular flexibility index (Phi) is 4.78. The van der Waals surface area contributed by atoms with Crippen molar-refractivity contribution < 1.29 is 9.59 Å². The molecule has 96 valence electrons. The molecular weight excluding hydrogens is 220 g/mol. The lowest BCUT2D eigenvalue weighted by Crippen LogP contribution is -2.32. The minimum atomic E-state index is -0.347. The predicted octanol–water partition coefficient (Wildman–Crippen LogP) is 2.45. The SMILES string of the molecule is CC(=O)N(CCCC1(C)CCCCC1=O)N=O. The second-order valence-corrected chi connectivity index (χ2v) is 5.02. The number of carbonyl (C=O) groups is 2. The van der Waals surface area contributed by atoms with Crippen LogP contribution in [0.3, 0.4) is 0 Å². The molecular formula is C12H20N2O3. The lowest BCUT2D eigenvalue weighted by atomic mass is 9.72. The van der Waals surface area contributed by atoms with Crippen molar-refractivity contribution in [2.24, 2.45) is 10.7 Å². The van der Waals surface area contributed by atoms with Crippen LogP contribution in [0.2, 0.25) is 0 Å². The zero-order chi connectivity index (χ0) is 12.9. The zero-order valence-corrected chi connectivity index (χ0v) is 10.6. The Morgan fingerprint density at radius 1 is 1.47 bits per heavy atom. The lowest BCUT2D eigenvalue weighted by Gasteiger charge is -2.32. The minimum absolute atomic E-state index is 0.260. The Morgan fingerprint density at radius 2 is 2.18 bits per heavy atom. The summed E-state index contributed by atoms with van der Waals surface area (Å²) in [5.41, 5.74) is -0.260. The van der Waals surface area contributed by atoms with Gasteiger partial charge < -0.3 is 0 Å². The summed E-state index contributed by atoms with van der Waals surface area (Å²) in [6.45, 7) is 3.61. The van der Waals surface area contributed by atoms with Crippen molar-refractivity contribution in [1.82, 2.24) is 5.01 Å². The van der Waals surface area contributed by atoms with Crippen molar-refractivity contribution in [2.45, 2.75) is 52.4 Å². The van der Waals surface area contributed by atoms with Gasteiger partial charge in [-0.25, -0.2) is 0 Å². The van der Waals surface area contributed by atoms with Gasteiger partial charge in [0.25, 0.3) is 0 Å². The molecule has 0 aromatic rings. The highest BCUT2D eigenvalue weighted by Crippen LogP contribution is 2.36. The Morgan fingerprint density at radius 3 is 2.71 bits per heavy atom. The van der Waals surface area contributed by atoms with E-state index in [1.165, 1.54) is 6.92 Å². The Bertz CT molecular complexity index is 317. The van der Waals surface area contributed by atoms with Crippen molar-refractivity contribution >= 4 is 11.7 Å². The number of amides is 1. The van der Waals surface area contributed by atoms with E-state index in [-0.39, 0.29) is 11.3 Å². The van der Waals surface area contributed by atoms with Crippen molar-refractivity contribution in [3.63, 3.8) is 0 Å². The van der Waals surface area contributed by atoms with Gasteiger partial charge in [-0.15, -0.1) is 4.91 Å². The quantitative estimate of drug-likeness (QED) is 0.547. The molecule has 1 atom stereocenters. The largest absolute Gasteiger partial charge is 0.299 e. The maximum atomic E-state index is 11.8. The third kappa shape index (κ3) is 3.61. The number of rotatable bonds is 5. The lowest BCUT2D eigenvalue weighted by molar-refractivity contribution is -0.131. The zero-order valence-electron chi connectivity index (χ0n) is 10.6. The average molecular weight is 240 g/mol. The number of ketones is 1. The van der Waals surface area contributed by atoms with Crippen LogP contribution < -0.4 is 0 Å². The van der Waals surface area contributed by atoms with E-state index in [4.69, 9.17) is 0 Å². The first-order valence-electron chi connectivity index (χ1n) is 6.14. The van der Waals surface area contributed by atoms with E-state index in [0.29, 0.717) is 25.2 Å². The summed E-state index contributed by atoms with van der Waals surface area (Å²) in [4.78, 5) is 33.2. The second-order valence-electron chi connectivity index (χ2n) is 5.02. The van der Waals surface area contributed by atoms with Crippen LogP contribution in [0.25, 0.3) is 0 Å². The van der Waals surface area contributed by atoms with Crippen LogP contribution in [0.5, 0.6) is 0 Å². The van der Waals surface area contributed by atoms with E-state index < -0.39 is 0 Å². The first-order chi connectivity index (χ1) is 7.99. The fourth-order valence-corrected chi connectivity index (χ4v) is 2.38. The Labute approximate surface area is 101 Å². The van der Waals surface area contributed by atoms with Gasteiger partial charge in [-0.05, 0) is 25.7 Å². The molecule has 0 radical (unpaired) electrons. The van der Waals surface area contributed by atoms with Gasteiger partial charge in [0.2, 0.25) is 5.91 Å². The highest BCUT2D eigenvalue weighted by Gasteiger charge is 2.34. The van der Waals surface area contributed by atoms with Crippen LogP contribution in [0.15, 0.2) is 5.29 Å². The molecule has 0 aromatic carbocycles. The topological polar surface area (TPSA) is 66.8 Å². The molecule has 0 heterocycles. The molecule has 0 aliphatic heterocycles. The van der Waals surface area contributed by atoms with Crippen molar-refractivity contribution in [1.29, 1.82) is 0 Å². The van der Waals surface area contributed by atoms with Gasteiger partial charge in [-0.1, -0.05) is 13.3 Å². The summed E-state index contributed by atoms with van der Waals surface area (Å²) in [5.74, 6) is -0.0303. The summed E-state index contributed by atoms with van der Waals surface area (Å²) < 4.78 is 0. The summed E-state index contributed by atoms with van der Waals surface area (Å²) in [5, 5.41) is 3.57. The first-order valence-corrected chi connectivity index (χ1v) is 6.14. The summed E-state index contributed by atoms with van der Waals surface area (Å²) in [6, 6.07) is 0. The number of hydrogen-bond donors (Lipinski definition) is 0. The Balaban J connectivity index is 2.41. The minimum Gasteiger partial charge on any atom is -0.299 e. The monoisotopic (exact) mass is 240 g/mol. The van der Waals surface area contributed by atoms with E-state index >= 15 is 0 Å². The number of nitroso groups, excluding NO2 is 1. The molecule has 0 saturated heterocycles. The van der Waals surface area contributed by atoms with Crippen molar-refractivity contribution in [3.05, 3.63) is 4.91 Å². The molecule has 5 nitrogen and oxygen atoms in total. The van der Waals surface area contributed by atoms with Gasteiger partial charge >= 0.3 is 0 Å². The standard InChI is InChI=1S/C12H20N2O3/c1-10(15)14(13-17)9-5-8-12(2)7-4-3-6-11(12)16/h3-9H2,1-2H3. The van der Waals surface area contributed by atoms with Crippen LogP contribution in [-0.2, 0) is 9.59 Å². The number of Topliss-reactive ketones (excluding diaryl/α,β-unsaturated/α-hetero) is 1. The van der Waals surface area contributed by atoms with Gasteiger partial charge in [-0.3, -0.25) is 9.59 Å². The molecule has 0 spiro atoms. The number of nitrogens with zero attached hydrogens (tertiary/aromatic N) is 2. The van der Waals surface area contributed by atoms with Gasteiger partial charge in [0.05, 0.1) is 5.29 Å². The fraction of sp³-hybridized carbons (Fsp3) is 0.833. The van der Waals surface area contributed by atoms with Crippen molar-refractivity contribution in [2.75, 3.05) is 6.54 Å². The van der Waals surface area contributed by atoms with Crippen LogP contribution in [0.1, 0.15) is 52.4 Å². The van der Waals surface area contributed by atoms with E-state index in [0.717, 1.165) is 30.7 Å². The molecule has 1 aliphatic rings. The summed E-state index contributed by atoms with van der Waals surface area (Å²) in [6.07, 6.45) is 5.03. The molecule has 17 heavy (non-hydrogen) atoms. The second kappa shape index (κ2) is 5.89. The number of hydrogen-bond acceptors (Lipinski definition) is 4. The highest BCUT2D eigenvalue weighted by atomic mass is 16.3. The average Bonchev–Trinajstić information content (AvgIpc) is 2.28. The third-order valence-corrected chi connectivity index (χ3v) is 3.62. The Hall–Kier alpha value is -1.26. The van der Waals surface area contributed by atoms with Crippen LogP contribution in [0.4, 0.5) is 0 Å². The molecule has 1 amide bonds. The van der Waals surface area contributed by atoms with Gasteiger partial charge in [0.1, 0.15) is 5.78 Å². The predicted molar refractivity (Wildman–Crippen MR) is 64.0 cm³/mol. The van der Waals surface area contributed by atoms with E-state index in [1.807, 2.05) is 6.92 Å². The number of carbonyl (C=O) groups excluding carboxylic acids is 2. The molecule has 1 fully saturated rings. The maximum Gasteiger partial charge on any atom is 0.242 e. The van der Waals surface area contributed by atoms with Gasteiger partial charge in [0.15, 0.2) is 0 Å². The molecule has 0 aromatic heterocycles. The molecule has 5 heteroatoms. The van der Waals surface area contributed by atoms with E-state index in [9.17, 15) is 14.5 Å². The van der Waals surface area contributed by atoms with Crippen molar-refractivity contribution in [3.8, 4) is 0 Å². The first kappa shape index (κ1) is 13.8. The van der Waals surface area contributed by atoms with Crippen LogP contribution in [0, 0.1) is 10.3 Å². The molecule has 1 saturated carbocycles. The van der Waals surface area contributed by atoms with Crippen LogP contribution >= 0.6 is 0 Å². The smallest absolute Gasteiger partial charge is 0.242 e. The highest BCUT2D eigenvalue weighted by molar-refractivity contribution is 5.85. The molecule has 1 unspecified atom stereocenters. The summed E-state index contributed by atoms with van der Waals surface area (Å²) in [7, 11) is 0. The molecule has 0 bridgehead atoms. The van der Waals surface area contributed by atoms with Gasteiger partial charge in [-0.2, -0.15) is 5.01 Å².